The third kappa shape index (κ3) is 2.56. The summed E-state index contributed by atoms with van der Waals surface area (Å²) >= 11 is 1.84. The van der Waals surface area contributed by atoms with Crippen LogP contribution in [0, 0.1) is 0 Å². The quantitative estimate of drug-likeness (QED) is 0.824. The second-order valence-electron chi connectivity index (χ2n) is 3.89. The van der Waals surface area contributed by atoms with E-state index >= 15 is 0 Å². The zero-order valence-electron chi connectivity index (χ0n) is 8.53. The fourth-order valence-electron chi connectivity index (χ4n) is 1.71. The van der Waals surface area contributed by atoms with Crippen LogP contribution in [0.2, 0.25) is 0 Å². The van der Waals surface area contributed by atoms with Gasteiger partial charge in [-0.15, -0.1) is 11.3 Å². The van der Waals surface area contributed by atoms with Crippen molar-refractivity contribution in [1.29, 1.82) is 0 Å². The molecule has 0 aliphatic carbocycles. The van der Waals surface area contributed by atoms with Gasteiger partial charge >= 0.3 is 0 Å². The molecule has 0 amide bonds. The van der Waals surface area contributed by atoms with Crippen LogP contribution in [0.4, 0.5) is 0 Å². The van der Waals surface area contributed by atoms with Gasteiger partial charge in [-0.1, -0.05) is 13.0 Å². The zero-order chi connectivity index (χ0) is 9.80. The molecule has 2 rings (SSSR count). The molecule has 3 heteroatoms. The fourth-order valence-corrected chi connectivity index (χ4v) is 2.50. The van der Waals surface area contributed by atoms with Crippen molar-refractivity contribution < 1.29 is 4.74 Å². The third-order valence-electron chi connectivity index (χ3n) is 2.67. The van der Waals surface area contributed by atoms with Crippen molar-refractivity contribution in [3.63, 3.8) is 0 Å². The maximum atomic E-state index is 5.32. The highest BCUT2D eigenvalue weighted by molar-refractivity contribution is 7.10. The highest BCUT2D eigenvalue weighted by Crippen LogP contribution is 2.20. The second-order valence-corrected chi connectivity index (χ2v) is 4.86. The number of ether oxygens (including phenoxy) is 1. The van der Waals surface area contributed by atoms with Gasteiger partial charge in [0.25, 0.3) is 0 Å². The maximum absolute atomic E-state index is 5.32. The van der Waals surface area contributed by atoms with Crippen LogP contribution in [0.25, 0.3) is 0 Å². The van der Waals surface area contributed by atoms with E-state index in [1.54, 1.807) is 0 Å². The minimum absolute atomic E-state index is 0.581. The Balaban J connectivity index is 1.74. The lowest BCUT2D eigenvalue weighted by Gasteiger charge is -2.14. The molecular formula is C11H17NOS. The maximum Gasteiger partial charge on any atom is 0.0620 e. The zero-order valence-corrected chi connectivity index (χ0v) is 9.35. The Hall–Kier alpha value is -0.380. The summed E-state index contributed by atoms with van der Waals surface area (Å²) in [7, 11) is 0. The first-order valence-corrected chi connectivity index (χ1v) is 6.09. The van der Waals surface area contributed by atoms with Crippen molar-refractivity contribution in [3.05, 3.63) is 22.4 Å². The van der Waals surface area contributed by atoms with E-state index in [2.05, 4.69) is 29.8 Å². The van der Waals surface area contributed by atoms with Crippen LogP contribution < -0.4 is 5.32 Å². The van der Waals surface area contributed by atoms with E-state index in [0.29, 0.717) is 12.0 Å². The first-order chi connectivity index (χ1) is 6.86. The molecule has 1 fully saturated rings. The summed E-state index contributed by atoms with van der Waals surface area (Å²) < 4.78 is 5.32. The molecule has 0 bridgehead atoms. The molecule has 2 unspecified atom stereocenters. The lowest BCUT2D eigenvalue weighted by molar-refractivity contribution is 0.190. The van der Waals surface area contributed by atoms with E-state index in [0.717, 1.165) is 26.2 Å². The van der Waals surface area contributed by atoms with Gasteiger partial charge in [0.1, 0.15) is 0 Å². The van der Waals surface area contributed by atoms with Crippen molar-refractivity contribution in [3.8, 4) is 0 Å². The van der Waals surface area contributed by atoms with Crippen molar-refractivity contribution in [1.82, 2.24) is 5.32 Å². The summed E-state index contributed by atoms with van der Waals surface area (Å²) in [4.78, 5) is 1.47. The molecule has 1 saturated heterocycles. The summed E-state index contributed by atoms with van der Waals surface area (Å²) in [6.07, 6.45) is 1.16. The number of rotatable bonds is 4. The van der Waals surface area contributed by atoms with Crippen molar-refractivity contribution in [2.24, 2.45) is 0 Å². The molecule has 0 aromatic carbocycles. The van der Waals surface area contributed by atoms with Crippen molar-refractivity contribution in [2.75, 3.05) is 19.8 Å². The first kappa shape index (κ1) is 10.1. The molecule has 2 atom stereocenters. The molecule has 1 aliphatic heterocycles. The van der Waals surface area contributed by atoms with E-state index in [-0.39, 0.29) is 0 Å². The molecule has 1 N–H and O–H groups in total. The Kier molecular flexibility index (Phi) is 3.56. The highest BCUT2D eigenvalue weighted by Gasteiger charge is 2.16. The second kappa shape index (κ2) is 4.91. The third-order valence-corrected chi connectivity index (χ3v) is 3.78. The summed E-state index contributed by atoms with van der Waals surface area (Å²) in [5, 5.41) is 5.69. The van der Waals surface area contributed by atoms with Gasteiger partial charge in [0.05, 0.1) is 6.61 Å². The standard InChI is InChI=1S/C11H17NOS/c1-9(11-3-2-6-14-11)7-12-10-4-5-13-8-10/h2-3,6,9-10,12H,4-5,7-8H2,1H3. The molecule has 0 radical (unpaired) electrons. The van der Waals surface area contributed by atoms with E-state index in [1.165, 1.54) is 4.88 Å². The monoisotopic (exact) mass is 211 g/mol. The Labute approximate surface area is 89.3 Å². The number of hydrogen-bond acceptors (Lipinski definition) is 3. The van der Waals surface area contributed by atoms with Crippen LogP contribution in [0.3, 0.4) is 0 Å². The lowest BCUT2D eigenvalue weighted by Crippen LogP contribution is -2.32. The normalized spacial score (nSPS) is 23.9. The van der Waals surface area contributed by atoms with Crippen LogP contribution >= 0.6 is 11.3 Å². The SMILES string of the molecule is CC(CNC1CCOC1)c1cccs1. The van der Waals surface area contributed by atoms with Gasteiger partial charge in [0.2, 0.25) is 0 Å². The van der Waals surface area contributed by atoms with Crippen LogP contribution in [-0.2, 0) is 4.74 Å². The van der Waals surface area contributed by atoms with Crippen molar-refractivity contribution in [2.45, 2.75) is 25.3 Å². The minimum atomic E-state index is 0.581. The molecular weight excluding hydrogens is 194 g/mol. The Morgan fingerprint density at radius 2 is 2.64 bits per heavy atom. The van der Waals surface area contributed by atoms with E-state index in [4.69, 9.17) is 4.74 Å². The molecule has 14 heavy (non-hydrogen) atoms. The average Bonchev–Trinajstić information content (AvgIpc) is 2.87. The first-order valence-electron chi connectivity index (χ1n) is 5.21. The van der Waals surface area contributed by atoms with E-state index in [9.17, 15) is 0 Å². The molecule has 0 spiro atoms. The average molecular weight is 211 g/mol. The molecule has 1 aliphatic rings. The van der Waals surface area contributed by atoms with Gasteiger partial charge < -0.3 is 10.1 Å². The summed E-state index contributed by atoms with van der Waals surface area (Å²) in [6, 6.07) is 4.91. The number of hydrogen-bond donors (Lipinski definition) is 1. The number of thiophene rings is 1. The summed E-state index contributed by atoms with van der Waals surface area (Å²) in [5.74, 6) is 0.621. The minimum Gasteiger partial charge on any atom is -0.380 e. The largest absolute Gasteiger partial charge is 0.380 e. The molecule has 78 valence electrons. The van der Waals surface area contributed by atoms with Crippen LogP contribution in [-0.4, -0.2) is 25.8 Å². The molecule has 1 aromatic heterocycles. The van der Waals surface area contributed by atoms with Crippen LogP contribution in [0.15, 0.2) is 17.5 Å². The van der Waals surface area contributed by atoms with E-state index < -0.39 is 0 Å². The van der Waals surface area contributed by atoms with E-state index in [1.807, 2.05) is 11.3 Å². The van der Waals surface area contributed by atoms with Gasteiger partial charge in [0, 0.05) is 30.0 Å². The topological polar surface area (TPSA) is 21.3 Å². The van der Waals surface area contributed by atoms with Gasteiger partial charge in [-0.3, -0.25) is 0 Å². The Morgan fingerprint density at radius 1 is 1.71 bits per heavy atom. The summed E-state index contributed by atoms with van der Waals surface area (Å²) in [6.45, 7) is 5.14. The fraction of sp³-hybridized carbons (Fsp3) is 0.636. The van der Waals surface area contributed by atoms with Crippen LogP contribution in [0.1, 0.15) is 24.1 Å². The van der Waals surface area contributed by atoms with Gasteiger partial charge in [-0.25, -0.2) is 0 Å². The van der Waals surface area contributed by atoms with Crippen molar-refractivity contribution >= 4 is 11.3 Å². The Morgan fingerprint density at radius 3 is 3.29 bits per heavy atom. The summed E-state index contributed by atoms with van der Waals surface area (Å²) in [5.41, 5.74) is 0. The molecule has 2 nitrogen and oxygen atoms in total. The molecule has 2 heterocycles. The smallest absolute Gasteiger partial charge is 0.0620 e. The van der Waals surface area contributed by atoms with Gasteiger partial charge in [0.15, 0.2) is 0 Å². The Bertz CT molecular complexity index is 254. The van der Waals surface area contributed by atoms with Gasteiger partial charge in [-0.2, -0.15) is 0 Å². The predicted molar refractivity (Wildman–Crippen MR) is 60.0 cm³/mol. The lowest BCUT2D eigenvalue weighted by atomic mass is 10.1. The molecule has 1 aromatic rings. The highest BCUT2D eigenvalue weighted by atomic mass is 32.1. The van der Waals surface area contributed by atoms with Gasteiger partial charge in [-0.05, 0) is 17.9 Å². The number of nitrogens with one attached hydrogen (secondary N) is 1. The molecule has 0 saturated carbocycles. The predicted octanol–water partition coefficient (Wildman–Crippen LogP) is 2.23. The van der Waals surface area contributed by atoms with Crippen LogP contribution in [0.5, 0.6) is 0 Å².